The SMILES string of the molecule is CC[C@@H]1C[C@]1(NC(=O)[C@@H]1C[C@@H](Oc2nccc3cc(Cl)ccc23)CN1C(=O)[C@@H](NC(=O)OC(C)(C)C)C(C)(C)C)C1OC1NS(=O)(=O)OC1(C)CC1. The number of alkyl carbamates (subject to hydrolysis) is 1. The van der Waals surface area contributed by atoms with Crippen molar-refractivity contribution in [2.24, 2.45) is 11.3 Å². The predicted molar refractivity (Wildman–Crippen MR) is 193 cm³/mol. The van der Waals surface area contributed by atoms with E-state index in [1.54, 1.807) is 52.1 Å². The summed E-state index contributed by atoms with van der Waals surface area (Å²) >= 11 is 6.22. The van der Waals surface area contributed by atoms with Gasteiger partial charge in [-0.25, -0.2) is 9.78 Å². The Balaban J connectivity index is 1.24. The van der Waals surface area contributed by atoms with Gasteiger partial charge in [0.25, 0.3) is 0 Å². The zero-order valence-corrected chi connectivity index (χ0v) is 32.5. The third kappa shape index (κ3) is 8.59. The number of nitrogens with one attached hydrogen (secondary N) is 3. The number of epoxide rings is 1. The lowest BCUT2D eigenvalue weighted by atomic mass is 9.85. The summed E-state index contributed by atoms with van der Waals surface area (Å²) in [6, 6.07) is 5.12. The number of ether oxygens (including phenoxy) is 3. The summed E-state index contributed by atoms with van der Waals surface area (Å²) < 4.78 is 50.9. The molecular formula is C36H50ClN5O9S. The molecule has 286 valence electrons. The van der Waals surface area contributed by atoms with Crippen molar-refractivity contribution in [2.45, 2.75) is 135 Å². The molecule has 4 aliphatic rings. The summed E-state index contributed by atoms with van der Waals surface area (Å²) in [5.41, 5.74) is -3.11. The first kappa shape index (κ1) is 38.5. The number of benzene rings is 1. The molecule has 0 radical (unpaired) electrons. The number of fused-ring (bicyclic) bond motifs is 1. The zero-order valence-electron chi connectivity index (χ0n) is 30.9. The van der Waals surface area contributed by atoms with E-state index in [1.165, 1.54) is 4.90 Å². The van der Waals surface area contributed by atoms with Crippen LogP contribution in [-0.4, -0.2) is 90.0 Å². The third-order valence-corrected chi connectivity index (χ3v) is 11.5. The highest BCUT2D eigenvalue weighted by Crippen LogP contribution is 2.55. The molecule has 14 nitrogen and oxygen atoms in total. The molecule has 2 unspecified atom stereocenters. The van der Waals surface area contributed by atoms with E-state index in [9.17, 15) is 22.8 Å². The predicted octanol–water partition coefficient (Wildman–Crippen LogP) is 4.59. The molecule has 52 heavy (non-hydrogen) atoms. The number of amides is 3. The van der Waals surface area contributed by atoms with Crippen LogP contribution in [0.1, 0.15) is 87.5 Å². The van der Waals surface area contributed by atoms with Crippen LogP contribution in [0.3, 0.4) is 0 Å². The number of hydrogen-bond acceptors (Lipinski definition) is 10. The average Bonchev–Trinajstić information content (AvgIpc) is 3.97. The van der Waals surface area contributed by atoms with Gasteiger partial charge in [-0.2, -0.15) is 13.1 Å². The quantitative estimate of drug-likeness (QED) is 0.259. The summed E-state index contributed by atoms with van der Waals surface area (Å²) in [6.45, 7) is 14.4. The maximum atomic E-state index is 14.5. The summed E-state index contributed by atoms with van der Waals surface area (Å²) in [5.74, 6) is -0.548. The van der Waals surface area contributed by atoms with E-state index in [2.05, 4.69) is 20.3 Å². The summed E-state index contributed by atoms with van der Waals surface area (Å²) in [5, 5.41) is 8.02. The highest BCUT2D eigenvalue weighted by molar-refractivity contribution is 7.84. The van der Waals surface area contributed by atoms with Gasteiger partial charge in [-0.3, -0.25) is 13.8 Å². The van der Waals surface area contributed by atoms with E-state index in [4.69, 9.17) is 30.0 Å². The van der Waals surface area contributed by atoms with Crippen LogP contribution in [0.4, 0.5) is 4.79 Å². The van der Waals surface area contributed by atoms with Gasteiger partial charge in [0.1, 0.15) is 29.9 Å². The molecule has 2 saturated heterocycles. The lowest BCUT2D eigenvalue weighted by Crippen LogP contribution is -2.59. The van der Waals surface area contributed by atoms with Crippen molar-refractivity contribution in [3.8, 4) is 5.88 Å². The number of rotatable bonds is 12. The molecule has 1 aromatic heterocycles. The Labute approximate surface area is 310 Å². The Morgan fingerprint density at radius 1 is 1.13 bits per heavy atom. The number of carbonyl (C=O) groups excluding carboxylic acids is 3. The van der Waals surface area contributed by atoms with Crippen LogP contribution in [0.5, 0.6) is 5.88 Å². The molecule has 2 aliphatic carbocycles. The molecule has 7 atom stereocenters. The van der Waals surface area contributed by atoms with Crippen molar-refractivity contribution in [3.05, 3.63) is 35.5 Å². The summed E-state index contributed by atoms with van der Waals surface area (Å²) in [6.07, 6.45) is 1.46. The number of halogens is 1. The number of carbonyl (C=O) groups is 3. The number of hydrogen-bond donors (Lipinski definition) is 3. The fraction of sp³-hybridized carbons (Fsp3) is 0.667. The highest BCUT2D eigenvalue weighted by atomic mass is 35.5. The van der Waals surface area contributed by atoms with Gasteiger partial charge in [0.05, 0.1) is 17.7 Å². The lowest BCUT2D eigenvalue weighted by molar-refractivity contribution is -0.142. The van der Waals surface area contributed by atoms with Crippen LogP contribution >= 0.6 is 11.6 Å². The Morgan fingerprint density at radius 3 is 2.46 bits per heavy atom. The molecule has 2 saturated carbocycles. The Kier molecular flexibility index (Phi) is 10.0. The van der Waals surface area contributed by atoms with E-state index < -0.39 is 80.9 Å². The van der Waals surface area contributed by atoms with Crippen LogP contribution < -0.4 is 20.1 Å². The molecule has 16 heteroatoms. The molecule has 1 aromatic carbocycles. The molecule has 3 amide bonds. The second kappa shape index (κ2) is 13.6. The van der Waals surface area contributed by atoms with Crippen molar-refractivity contribution >= 4 is 50.6 Å². The monoisotopic (exact) mass is 763 g/mol. The van der Waals surface area contributed by atoms with Crippen molar-refractivity contribution in [3.63, 3.8) is 0 Å². The lowest BCUT2D eigenvalue weighted by Gasteiger charge is -2.36. The fourth-order valence-electron chi connectivity index (χ4n) is 7.01. The Hall–Kier alpha value is -3.24. The van der Waals surface area contributed by atoms with Crippen LogP contribution in [0.2, 0.25) is 5.02 Å². The molecular weight excluding hydrogens is 714 g/mol. The first-order chi connectivity index (χ1) is 24.1. The smallest absolute Gasteiger partial charge is 0.408 e. The molecule has 4 fully saturated rings. The third-order valence-electron chi connectivity index (χ3n) is 10.1. The van der Waals surface area contributed by atoms with Gasteiger partial charge in [-0.15, -0.1) is 0 Å². The minimum absolute atomic E-state index is 0.0262. The van der Waals surface area contributed by atoms with Gasteiger partial charge >= 0.3 is 16.4 Å². The minimum atomic E-state index is -4.08. The Morgan fingerprint density at radius 2 is 1.85 bits per heavy atom. The largest absolute Gasteiger partial charge is 0.472 e. The zero-order chi connectivity index (χ0) is 38.0. The minimum Gasteiger partial charge on any atom is -0.472 e. The van der Waals surface area contributed by atoms with Gasteiger partial charge in [-0.05, 0) is 87.9 Å². The standard InChI is InChI=1S/C36H50ClN5O9S/c1-9-21-18-36(21,27-30(49-27)41-52(46,47)51-35(8)13-14-35)40-28(43)25-17-23(48-29-24-11-10-22(37)16-20(24)12-15-38-29)19-42(25)31(44)26(33(2,3)4)39-32(45)50-34(5,6)7/h10-12,15-16,21,23,25-27,30,41H,9,13-14,17-19H2,1-8H3,(H,39,45)(H,40,43)/t21-,23-,25+,26-,27?,30?,36-/m1/s1. The van der Waals surface area contributed by atoms with Crippen LogP contribution in [0, 0.1) is 11.3 Å². The van der Waals surface area contributed by atoms with Crippen molar-refractivity contribution in [2.75, 3.05) is 6.54 Å². The van der Waals surface area contributed by atoms with Gasteiger partial charge in [0, 0.05) is 23.0 Å². The van der Waals surface area contributed by atoms with E-state index in [1.807, 2.05) is 33.8 Å². The van der Waals surface area contributed by atoms with E-state index in [0.717, 1.165) is 17.2 Å². The Bertz CT molecular complexity index is 1840. The van der Waals surface area contributed by atoms with Gasteiger partial charge < -0.3 is 29.7 Å². The average molecular weight is 764 g/mol. The number of likely N-dealkylation sites (tertiary alicyclic amines) is 1. The van der Waals surface area contributed by atoms with Gasteiger partial charge in [-0.1, -0.05) is 45.7 Å². The maximum absolute atomic E-state index is 14.5. The van der Waals surface area contributed by atoms with Gasteiger partial charge in [0.15, 0.2) is 6.23 Å². The van der Waals surface area contributed by atoms with E-state index in [0.29, 0.717) is 30.2 Å². The first-order valence-corrected chi connectivity index (χ1v) is 19.6. The summed E-state index contributed by atoms with van der Waals surface area (Å²) in [4.78, 5) is 47.8. The molecule has 2 aliphatic heterocycles. The molecule has 0 spiro atoms. The van der Waals surface area contributed by atoms with E-state index in [-0.39, 0.29) is 18.9 Å². The van der Waals surface area contributed by atoms with Crippen LogP contribution in [0.25, 0.3) is 10.8 Å². The topological polar surface area (TPSA) is 178 Å². The highest BCUT2D eigenvalue weighted by Gasteiger charge is 2.69. The van der Waals surface area contributed by atoms with Crippen molar-refractivity contribution in [1.82, 2.24) is 25.2 Å². The number of nitrogens with zero attached hydrogens (tertiary/aromatic N) is 2. The van der Waals surface area contributed by atoms with Crippen molar-refractivity contribution in [1.29, 1.82) is 0 Å². The van der Waals surface area contributed by atoms with Crippen LogP contribution in [0.15, 0.2) is 30.5 Å². The maximum Gasteiger partial charge on any atom is 0.408 e. The number of pyridine rings is 1. The normalized spacial score (nSPS) is 28.6. The molecule has 3 N–H and O–H groups in total. The van der Waals surface area contributed by atoms with Crippen LogP contribution in [-0.2, 0) is 33.6 Å². The van der Waals surface area contributed by atoms with Gasteiger partial charge in [0.2, 0.25) is 17.7 Å². The number of aromatic nitrogens is 1. The molecule has 6 rings (SSSR count). The fourth-order valence-corrected chi connectivity index (χ4v) is 8.40. The first-order valence-electron chi connectivity index (χ1n) is 17.8. The second-order valence-corrected chi connectivity index (χ2v) is 18.6. The molecule has 0 bridgehead atoms. The van der Waals surface area contributed by atoms with Crippen molar-refractivity contribution < 1.29 is 41.2 Å². The van der Waals surface area contributed by atoms with E-state index >= 15 is 0 Å². The molecule has 3 heterocycles. The second-order valence-electron chi connectivity index (χ2n) is 16.8. The summed E-state index contributed by atoms with van der Waals surface area (Å²) in [7, 11) is -4.08. The molecule has 2 aromatic rings.